The van der Waals surface area contributed by atoms with Crippen LogP contribution in [0.5, 0.6) is 0 Å². The van der Waals surface area contributed by atoms with Crippen LogP contribution in [-0.2, 0) is 18.9 Å². The van der Waals surface area contributed by atoms with Crippen molar-refractivity contribution in [2.24, 2.45) is 22.7 Å². The van der Waals surface area contributed by atoms with Gasteiger partial charge in [0.25, 0.3) is 0 Å². The number of hydrogen-bond donors (Lipinski definition) is 2. The fraction of sp³-hybridized carbons (Fsp3) is 0.944. The van der Waals surface area contributed by atoms with Crippen LogP contribution >= 0.6 is 12.0 Å². The van der Waals surface area contributed by atoms with E-state index in [1.165, 1.54) is 0 Å². The number of aliphatic hydroxyl groups is 1. The highest BCUT2D eigenvalue weighted by Crippen LogP contribution is 2.65. The summed E-state index contributed by atoms with van der Waals surface area (Å²) in [4.78, 5) is 12.3. The number of ether oxygens (including phenoxy) is 1. The average Bonchev–Trinajstić information content (AvgIpc) is 2.73. The molecule has 4 bridgehead atoms. The maximum Gasteiger partial charge on any atom is 0.460 e. The Kier molecular flexibility index (Phi) is 7.15. The molecule has 0 aliphatic heterocycles. The largest absolute Gasteiger partial charge is 0.462 e. The van der Waals surface area contributed by atoms with E-state index in [1.807, 2.05) is 0 Å². The molecule has 6 nitrogen and oxygen atoms in total. The minimum absolute atomic E-state index is 0.0361. The van der Waals surface area contributed by atoms with Gasteiger partial charge in [-0.2, -0.15) is 39.5 Å². The molecule has 0 spiro atoms. The van der Waals surface area contributed by atoms with Crippen molar-refractivity contribution in [3.63, 3.8) is 0 Å². The first-order chi connectivity index (χ1) is 15.8. The fourth-order valence-corrected chi connectivity index (χ4v) is 6.65. The van der Waals surface area contributed by atoms with E-state index in [4.69, 9.17) is 5.26 Å². The van der Waals surface area contributed by atoms with Gasteiger partial charge in [-0.3, -0.25) is 0 Å². The fourth-order valence-electron chi connectivity index (χ4n) is 6.17. The van der Waals surface area contributed by atoms with E-state index in [2.05, 4.69) is 14.1 Å². The van der Waals surface area contributed by atoms with Gasteiger partial charge in [0, 0.05) is 12.0 Å². The molecule has 4 rings (SSSR count). The van der Waals surface area contributed by atoms with Gasteiger partial charge < -0.3 is 9.84 Å². The normalized spacial score (nSPS) is 33.0. The summed E-state index contributed by atoms with van der Waals surface area (Å²) in [5.74, 6) is -25.0. The van der Waals surface area contributed by atoms with Crippen LogP contribution in [0.4, 0.5) is 43.9 Å². The molecule has 0 aromatic carbocycles. The lowest BCUT2D eigenvalue weighted by atomic mass is 9.44. The maximum atomic E-state index is 15.1. The Morgan fingerprint density at radius 2 is 1.37 bits per heavy atom. The van der Waals surface area contributed by atoms with Crippen molar-refractivity contribution in [2.45, 2.75) is 67.5 Å². The van der Waals surface area contributed by atoms with Gasteiger partial charge in [0.15, 0.2) is 0 Å². The van der Waals surface area contributed by atoms with Gasteiger partial charge >= 0.3 is 34.9 Å². The first-order valence-electron chi connectivity index (χ1n) is 10.2. The smallest absolute Gasteiger partial charge is 0.460 e. The summed E-state index contributed by atoms with van der Waals surface area (Å²) in [6, 6.07) is 0. The molecule has 4 aliphatic carbocycles. The highest BCUT2D eigenvalue weighted by molar-refractivity contribution is 7.96. The van der Waals surface area contributed by atoms with Crippen molar-refractivity contribution < 1.29 is 73.2 Å². The Morgan fingerprint density at radius 1 is 0.857 bits per heavy atom. The van der Waals surface area contributed by atoms with Gasteiger partial charge in [0.2, 0.25) is 0 Å². The van der Waals surface area contributed by atoms with E-state index in [0.29, 0.717) is 25.7 Å². The number of halogens is 10. The lowest BCUT2D eigenvalue weighted by molar-refractivity contribution is -0.435. The highest BCUT2D eigenvalue weighted by atomic mass is 32.2. The van der Waals surface area contributed by atoms with Crippen LogP contribution in [0, 0.1) is 22.7 Å². The van der Waals surface area contributed by atoms with Gasteiger partial charge in [0.05, 0.1) is 18.6 Å². The van der Waals surface area contributed by atoms with Crippen molar-refractivity contribution in [2.75, 3.05) is 13.2 Å². The van der Waals surface area contributed by atoms with Crippen molar-refractivity contribution >= 4 is 18.0 Å². The Morgan fingerprint density at radius 3 is 1.83 bits per heavy atom. The van der Waals surface area contributed by atoms with Crippen LogP contribution in [0.15, 0.2) is 0 Å². The zero-order valence-corrected chi connectivity index (χ0v) is 18.3. The SMILES string of the molecule is O=C(OCC12CC3CC(CC(CO)(C3)C1)C2)C(F)(SOOO)C(F)(F)C(F)(F)C(F)(F)C(F)(F)F. The third-order valence-electron chi connectivity index (χ3n) is 7.14. The van der Waals surface area contributed by atoms with Crippen molar-refractivity contribution in [3.05, 3.63) is 0 Å². The first kappa shape index (κ1) is 28.5. The molecule has 17 heteroatoms. The molecular weight excluding hydrogens is 534 g/mol. The van der Waals surface area contributed by atoms with Crippen molar-refractivity contribution in [1.82, 2.24) is 0 Å². The molecule has 35 heavy (non-hydrogen) atoms. The summed E-state index contributed by atoms with van der Waals surface area (Å²) in [5.41, 5.74) is -1.56. The Balaban J connectivity index is 1.88. The van der Waals surface area contributed by atoms with E-state index in [-0.39, 0.29) is 24.9 Å². The lowest BCUT2D eigenvalue weighted by Gasteiger charge is -2.61. The van der Waals surface area contributed by atoms with Gasteiger partial charge in [-0.1, -0.05) is 5.04 Å². The molecule has 4 fully saturated rings. The number of esters is 1. The van der Waals surface area contributed by atoms with Gasteiger partial charge in [0.1, 0.15) is 0 Å². The number of hydrogen-bond acceptors (Lipinski definition) is 7. The molecule has 204 valence electrons. The predicted octanol–water partition coefficient (Wildman–Crippen LogP) is 5.31. The minimum Gasteiger partial charge on any atom is -0.462 e. The number of aliphatic hydroxyl groups excluding tert-OH is 1. The molecule has 4 aliphatic rings. The summed E-state index contributed by atoms with van der Waals surface area (Å²) in [5, 5.41) is 14.9. The molecule has 0 aromatic heterocycles. The Hall–Kier alpha value is -1.04. The molecule has 3 atom stereocenters. The minimum atomic E-state index is -7.51. The van der Waals surface area contributed by atoms with Gasteiger partial charge in [-0.05, 0) is 55.8 Å². The molecule has 0 radical (unpaired) electrons. The van der Waals surface area contributed by atoms with Crippen LogP contribution < -0.4 is 0 Å². The Labute approximate surface area is 195 Å². The standard InChI is InChI=1S/C18H20F10O6S/c19-14(35-34-33-31,15(20,21)16(22,23)17(24,25)18(26,27)28)11(30)32-8-13-4-9-1-10(5-13)3-12(2-9,6-13)7-29/h9-10,29,31H,1-8H2. The predicted molar refractivity (Wildman–Crippen MR) is 94.7 cm³/mol. The first-order valence-corrected chi connectivity index (χ1v) is 10.9. The van der Waals surface area contributed by atoms with Gasteiger partial charge in [-0.25, -0.2) is 14.4 Å². The zero-order valence-electron chi connectivity index (χ0n) is 17.5. The molecule has 0 amide bonds. The number of carbonyl (C=O) groups is 1. The van der Waals surface area contributed by atoms with Gasteiger partial charge in [-0.15, -0.1) is 4.33 Å². The summed E-state index contributed by atoms with van der Waals surface area (Å²) in [6.07, 6.45) is -4.35. The molecule has 4 saturated carbocycles. The van der Waals surface area contributed by atoms with Crippen LogP contribution in [0.2, 0.25) is 0 Å². The van der Waals surface area contributed by atoms with E-state index >= 15 is 4.39 Å². The quantitative estimate of drug-likeness (QED) is 0.125. The molecule has 3 unspecified atom stereocenters. The maximum absolute atomic E-state index is 15.1. The molecule has 0 saturated heterocycles. The molecule has 2 N–H and O–H groups in total. The molecular formula is C18H20F10O6S. The molecule has 0 heterocycles. The number of alkyl halides is 10. The summed E-state index contributed by atoms with van der Waals surface area (Å²) < 4.78 is 143. The monoisotopic (exact) mass is 554 g/mol. The van der Waals surface area contributed by atoms with E-state index < -0.39 is 64.4 Å². The second-order valence-corrected chi connectivity index (χ2v) is 10.6. The summed E-state index contributed by atoms with van der Waals surface area (Å²) in [6.45, 7) is -1.11. The average molecular weight is 554 g/mol. The third kappa shape index (κ3) is 4.38. The van der Waals surface area contributed by atoms with E-state index in [1.54, 1.807) is 0 Å². The van der Waals surface area contributed by atoms with Crippen molar-refractivity contribution in [3.8, 4) is 0 Å². The number of rotatable bonds is 10. The van der Waals surface area contributed by atoms with Crippen LogP contribution in [0.3, 0.4) is 0 Å². The zero-order chi connectivity index (χ0) is 26.7. The van der Waals surface area contributed by atoms with Crippen LogP contribution in [-0.4, -0.2) is 58.5 Å². The number of carbonyl (C=O) groups excluding carboxylic acids is 1. The molecule has 0 aromatic rings. The highest BCUT2D eigenvalue weighted by Gasteiger charge is 2.88. The summed E-state index contributed by atoms with van der Waals surface area (Å²) >= 11 is -1.77. The van der Waals surface area contributed by atoms with E-state index in [0.717, 1.165) is 6.42 Å². The van der Waals surface area contributed by atoms with Crippen molar-refractivity contribution in [1.29, 1.82) is 0 Å². The second-order valence-electron chi connectivity index (χ2n) is 9.74. The summed E-state index contributed by atoms with van der Waals surface area (Å²) in [7, 11) is 0. The van der Waals surface area contributed by atoms with Crippen LogP contribution in [0.25, 0.3) is 0 Å². The van der Waals surface area contributed by atoms with E-state index in [9.17, 15) is 49.4 Å². The Bertz CT molecular complexity index is 810. The van der Waals surface area contributed by atoms with Crippen LogP contribution in [0.1, 0.15) is 38.5 Å². The lowest BCUT2D eigenvalue weighted by Crippen LogP contribution is -2.68. The topological polar surface area (TPSA) is 85.2 Å². The second kappa shape index (κ2) is 8.77. The third-order valence-corrected chi connectivity index (χ3v) is 7.92.